The zero-order chi connectivity index (χ0) is 11.4. The minimum absolute atomic E-state index is 0.0241. The number of Topliss-reactive ketones (excluding diaryl/α,β-unsaturated/α-hetero) is 1. The van der Waals surface area contributed by atoms with E-state index in [4.69, 9.17) is 5.26 Å². The molecule has 1 aromatic carbocycles. The van der Waals surface area contributed by atoms with Crippen molar-refractivity contribution in [3.8, 4) is 6.07 Å². The summed E-state index contributed by atoms with van der Waals surface area (Å²) < 4.78 is 0. The molecule has 0 heterocycles. The van der Waals surface area contributed by atoms with Crippen molar-refractivity contribution >= 4 is 21.7 Å². The van der Waals surface area contributed by atoms with Crippen LogP contribution in [-0.2, 0) is 6.42 Å². The molecule has 1 rings (SSSR count). The predicted molar refractivity (Wildman–Crippen MR) is 63.3 cm³/mol. The van der Waals surface area contributed by atoms with E-state index < -0.39 is 0 Å². The van der Waals surface area contributed by atoms with Gasteiger partial charge in [-0.15, -0.1) is 0 Å². The number of hydrogen-bond donors (Lipinski definition) is 0. The van der Waals surface area contributed by atoms with Crippen LogP contribution in [-0.4, -0.2) is 10.6 Å². The molecular weight excluding hydrogens is 254 g/mol. The maximum absolute atomic E-state index is 11.9. The number of carbonyl (C=O) groups excluding carboxylic acids is 1. The summed E-state index contributed by atoms with van der Waals surface area (Å²) in [5, 5.41) is 8.95. The van der Waals surface area contributed by atoms with Gasteiger partial charge in [-0.05, 0) is 25.0 Å². The number of halogens is 1. The number of nitriles is 1. The lowest BCUT2D eigenvalue weighted by molar-refractivity contribution is 0.0994. The molecular formula is C12H12BrNO. The van der Waals surface area contributed by atoms with Crippen molar-refractivity contribution in [3.05, 3.63) is 34.9 Å². The quantitative estimate of drug-likeness (QED) is 0.623. The number of aryl methyl sites for hydroxylation is 1. The number of nitrogens with zero attached hydrogens (tertiary/aromatic N) is 1. The zero-order valence-corrected chi connectivity index (χ0v) is 10.3. The number of benzene rings is 1. The second-order valence-corrected chi connectivity index (χ2v) is 4.66. The molecule has 3 heteroatoms. The van der Waals surface area contributed by atoms with Crippen LogP contribution in [0, 0.1) is 11.3 Å². The molecule has 0 amide bonds. The molecule has 2 nitrogen and oxygen atoms in total. The van der Waals surface area contributed by atoms with Crippen LogP contribution in [0.3, 0.4) is 0 Å². The normalized spacial score (nSPS) is 11.9. The van der Waals surface area contributed by atoms with Crippen LogP contribution < -0.4 is 0 Å². The van der Waals surface area contributed by atoms with Crippen LogP contribution in [0.15, 0.2) is 18.2 Å². The first-order valence-corrected chi connectivity index (χ1v) is 5.73. The third kappa shape index (κ3) is 2.45. The SMILES string of the molecule is CCc1cccc(C#N)c1C(=O)C(C)Br. The minimum atomic E-state index is -0.253. The molecule has 0 spiro atoms. The Bertz CT molecular complexity index is 418. The largest absolute Gasteiger partial charge is 0.293 e. The van der Waals surface area contributed by atoms with Crippen LogP contribution in [0.1, 0.15) is 35.3 Å². The summed E-state index contributed by atoms with van der Waals surface area (Å²) in [6, 6.07) is 7.45. The van der Waals surface area contributed by atoms with Crippen molar-refractivity contribution in [1.82, 2.24) is 0 Å². The van der Waals surface area contributed by atoms with Gasteiger partial charge in [-0.2, -0.15) is 5.26 Å². The average molecular weight is 266 g/mol. The lowest BCUT2D eigenvalue weighted by Crippen LogP contribution is -2.14. The summed E-state index contributed by atoms with van der Waals surface area (Å²) in [6.07, 6.45) is 0.760. The molecule has 0 fully saturated rings. The monoisotopic (exact) mass is 265 g/mol. The van der Waals surface area contributed by atoms with E-state index in [1.165, 1.54) is 0 Å². The third-order valence-electron chi connectivity index (χ3n) is 2.26. The van der Waals surface area contributed by atoms with E-state index in [9.17, 15) is 4.79 Å². The highest BCUT2D eigenvalue weighted by Crippen LogP contribution is 2.19. The lowest BCUT2D eigenvalue weighted by atomic mass is 9.95. The predicted octanol–water partition coefficient (Wildman–Crippen LogP) is 3.09. The van der Waals surface area contributed by atoms with Crippen LogP contribution in [0.2, 0.25) is 0 Å². The van der Waals surface area contributed by atoms with E-state index in [2.05, 4.69) is 22.0 Å². The third-order valence-corrected chi connectivity index (χ3v) is 2.68. The highest BCUT2D eigenvalue weighted by Gasteiger charge is 2.18. The van der Waals surface area contributed by atoms with E-state index in [-0.39, 0.29) is 10.6 Å². The Morgan fingerprint density at radius 3 is 2.73 bits per heavy atom. The van der Waals surface area contributed by atoms with Crippen LogP contribution in [0.25, 0.3) is 0 Å². The summed E-state index contributed by atoms with van der Waals surface area (Å²) in [7, 11) is 0. The van der Waals surface area contributed by atoms with Crippen molar-refractivity contribution in [2.45, 2.75) is 25.1 Å². The van der Waals surface area contributed by atoms with Gasteiger partial charge in [0, 0.05) is 5.56 Å². The summed E-state index contributed by atoms with van der Waals surface area (Å²) >= 11 is 3.24. The second kappa shape index (κ2) is 5.09. The van der Waals surface area contributed by atoms with E-state index in [0.29, 0.717) is 11.1 Å². The first-order chi connectivity index (χ1) is 7.11. The molecule has 0 saturated heterocycles. The summed E-state index contributed by atoms with van der Waals surface area (Å²) in [5.41, 5.74) is 1.96. The number of carbonyl (C=O) groups is 1. The Kier molecular flexibility index (Phi) is 4.05. The van der Waals surface area contributed by atoms with E-state index in [0.717, 1.165) is 12.0 Å². The molecule has 0 aromatic heterocycles. The fourth-order valence-electron chi connectivity index (χ4n) is 1.48. The van der Waals surface area contributed by atoms with Gasteiger partial charge in [-0.25, -0.2) is 0 Å². The fraction of sp³-hybridized carbons (Fsp3) is 0.333. The van der Waals surface area contributed by atoms with Gasteiger partial charge in [0.25, 0.3) is 0 Å². The zero-order valence-electron chi connectivity index (χ0n) is 8.75. The Morgan fingerprint density at radius 1 is 1.60 bits per heavy atom. The van der Waals surface area contributed by atoms with Crippen molar-refractivity contribution in [2.75, 3.05) is 0 Å². The second-order valence-electron chi connectivity index (χ2n) is 3.29. The smallest absolute Gasteiger partial charge is 0.177 e. The van der Waals surface area contributed by atoms with Crippen LogP contribution in [0.4, 0.5) is 0 Å². The molecule has 0 aliphatic carbocycles. The summed E-state index contributed by atoms with van der Waals surface area (Å²) in [6.45, 7) is 3.75. The van der Waals surface area contributed by atoms with Crippen LogP contribution >= 0.6 is 15.9 Å². The van der Waals surface area contributed by atoms with Gasteiger partial charge >= 0.3 is 0 Å². The maximum atomic E-state index is 11.9. The van der Waals surface area contributed by atoms with E-state index in [1.807, 2.05) is 19.1 Å². The van der Waals surface area contributed by atoms with Gasteiger partial charge < -0.3 is 0 Å². The van der Waals surface area contributed by atoms with Gasteiger partial charge in [-0.3, -0.25) is 4.79 Å². The number of hydrogen-bond acceptors (Lipinski definition) is 2. The summed E-state index contributed by atoms with van der Waals surface area (Å²) in [5.74, 6) is -0.0241. The maximum Gasteiger partial charge on any atom is 0.177 e. The molecule has 1 aromatic rings. The first kappa shape index (κ1) is 11.9. The Morgan fingerprint density at radius 2 is 2.27 bits per heavy atom. The van der Waals surface area contributed by atoms with Crippen LogP contribution in [0.5, 0.6) is 0 Å². The van der Waals surface area contributed by atoms with Gasteiger partial charge in [-0.1, -0.05) is 35.0 Å². The topological polar surface area (TPSA) is 40.9 Å². The number of alkyl halides is 1. The fourth-order valence-corrected chi connectivity index (χ4v) is 1.71. The Labute approximate surface area is 98.0 Å². The molecule has 0 N–H and O–H groups in total. The van der Waals surface area contributed by atoms with E-state index in [1.54, 1.807) is 13.0 Å². The molecule has 0 aliphatic rings. The van der Waals surface area contributed by atoms with Crippen molar-refractivity contribution in [1.29, 1.82) is 5.26 Å². The molecule has 78 valence electrons. The molecule has 0 aliphatic heterocycles. The van der Waals surface area contributed by atoms with Gasteiger partial charge in [0.1, 0.15) is 0 Å². The number of ketones is 1. The van der Waals surface area contributed by atoms with Gasteiger partial charge in [0.05, 0.1) is 16.5 Å². The molecule has 15 heavy (non-hydrogen) atoms. The average Bonchev–Trinajstić information content (AvgIpc) is 2.26. The molecule has 1 atom stereocenters. The Hall–Kier alpha value is -1.14. The highest BCUT2D eigenvalue weighted by atomic mass is 79.9. The van der Waals surface area contributed by atoms with Crippen molar-refractivity contribution in [3.63, 3.8) is 0 Å². The van der Waals surface area contributed by atoms with Crippen molar-refractivity contribution in [2.24, 2.45) is 0 Å². The van der Waals surface area contributed by atoms with Gasteiger partial charge in [0.15, 0.2) is 5.78 Å². The first-order valence-electron chi connectivity index (χ1n) is 4.82. The lowest BCUT2D eigenvalue weighted by Gasteiger charge is -2.09. The minimum Gasteiger partial charge on any atom is -0.293 e. The van der Waals surface area contributed by atoms with Crippen molar-refractivity contribution < 1.29 is 4.79 Å². The molecule has 0 radical (unpaired) electrons. The molecule has 0 saturated carbocycles. The Balaban J connectivity index is 3.36. The molecule has 0 bridgehead atoms. The molecule has 1 unspecified atom stereocenters. The highest BCUT2D eigenvalue weighted by molar-refractivity contribution is 9.10. The number of rotatable bonds is 3. The summed E-state index contributed by atoms with van der Waals surface area (Å²) in [4.78, 5) is 11.7. The van der Waals surface area contributed by atoms with Gasteiger partial charge in [0.2, 0.25) is 0 Å². The standard InChI is InChI=1S/C12H12BrNO/c1-3-9-5-4-6-10(7-14)11(9)12(15)8(2)13/h4-6,8H,3H2,1-2H3. The van der Waals surface area contributed by atoms with E-state index >= 15 is 0 Å².